The summed E-state index contributed by atoms with van der Waals surface area (Å²) in [6.45, 7) is 10.3. The summed E-state index contributed by atoms with van der Waals surface area (Å²) >= 11 is 0. The average molecular weight is 301 g/mol. The van der Waals surface area contributed by atoms with Crippen LogP contribution in [-0.4, -0.2) is 40.3 Å². The highest BCUT2D eigenvalue weighted by atomic mass is 16.5. The van der Waals surface area contributed by atoms with E-state index in [0.29, 0.717) is 0 Å². The smallest absolute Gasteiger partial charge is 0.141 e. The van der Waals surface area contributed by atoms with Gasteiger partial charge in [0.25, 0.3) is 0 Å². The van der Waals surface area contributed by atoms with Gasteiger partial charge in [0.2, 0.25) is 0 Å². The molecule has 0 N–H and O–H groups in total. The van der Waals surface area contributed by atoms with Gasteiger partial charge in [0, 0.05) is 30.4 Å². The molecule has 0 aliphatic carbocycles. The Bertz CT molecular complexity index is 603. The second-order valence-corrected chi connectivity index (χ2v) is 5.15. The molecule has 0 saturated carbocycles. The van der Waals surface area contributed by atoms with Crippen LogP contribution in [0.2, 0.25) is 0 Å². The first-order chi connectivity index (χ1) is 10.6. The summed E-state index contributed by atoms with van der Waals surface area (Å²) in [6, 6.07) is 6.19. The second kappa shape index (κ2) is 7.59. The Morgan fingerprint density at radius 3 is 2.50 bits per heavy atom. The van der Waals surface area contributed by atoms with E-state index >= 15 is 0 Å². The molecule has 0 aliphatic rings. The van der Waals surface area contributed by atoms with Crippen LogP contribution in [0.1, 0.15) is 33.3 Å². The molecule has 6 heteroatoms. The first kappa shape index (κ1) is 16.0. The Labute approximate surface area is 131 Å². The van der Waals surface area contributed by atoms with E-state index in [-0.39, 0.29) is 6.10 Å². The van der Waals surface area contributed by atoms with E-state index < -0.39 is 0 Å². The van der Waals surface area contributed by atoms with Crippen molar-refractivity contribution in [3.63, 3.8) is 0 Å². The summed E-state index contributed by atoms with van der Waals surface area (Å²) in [5.74, 6) is 0.830. The van der Waals surface area contributed by atoms with E-state index in [2.05, 4.69) is 46.2 Å². The van der Waals surface area contributed by atoms with E-state index in [0.717, 1.165) is 30.1 Å². The molecule has 0 unspecified atom stereocenters. The third kappa shape index (κ3) is 4.07. The van der Waals surface area contributed by atoms with Gasteiger partial charge in [-0.3, -0.25) is 0 Å². The molecule has 0 spiro atoms. The Morgan fingerprint density at radius 1 is 1.23 bits per heavy atom. The normalized spacial score (nSPS) is 11.3. The first-order valence-corrected chi connectivity index (χ1v) is 7.58. The van der Waals surface area contributed by atoms with Crippen molar-refractivity contribution in [2.75, 3.05) is 18.0 Å². The lowest BCUT2D eigenvalue weighted by Gasteiger charge is -2.23. The SMILES string of the molecule is CCN(CC)c1ccc(/C=N\n2cnnc2)c(OC(C)C)c1. The third-order valence-corrected chi connectivity index (χ3v) is 3.23. The minimum atomic E-state index is 0.106. The summed E-state index contributed by atoms with van der Waals surface area (Å²) in [5, 5.41) is 11.7. The molecule has 22 heavy (non-hydrogen) atoms. The van der Waals surface area contributed by atoms with Crippen molar-refractivity contribution in [1.82, 2.24) is 14.9 Å². The molecular weight excluding hydrogens is 278 g/mol. The van der Waals surface area contributed by atoms with Crippen LogP contribution >= 0.6 is 0 Å². The molecular formula is C16H23N5O. The van der Waals surface area contributed by atoms with Gasteiger partial charge in [-0.2, -0.15) is 5.10 Å². The van der Waals surface area contributed by atoms with E-state index in [9.17, 15) is 0 Å². The van der Waals surface area contributed by atoms with Crippen LogP contribution in [0.4, 0.5) is 5.69 Å². The van der Waals surface area contributed by atoms with E-state index in [1.807, 2.05) is 19.9 Å². The predicted molar refractivity (Wildman–Crippen MR) is 88.8 cm³/mol. The molecule has 0 bridgehead atoms. The maximum absolute atomic E-state index is 5.94. The molecule has 2 aromatic rings. The number of benzene rings is 1. The zero-order valence-electron chi connectivity index (χ0n) is 13.6. The van der Waals surface area contributed by atoms with Crippen molar-refractivity contribution in [3.05, 3.63) is 36.4 Å². The second-order valence-electron chi connectivity index (χ2n) is 5.15. The van der Waals surface area contributed by atoms with Crippen LogP contribution in [0.15, 0.2) is 36.0 Å². The Hall–Kier alpha value is -2.37. The van der Waals surface area contributed by atoms with Crippen molar-refractivity contribution in [1.29, 1.82) is 0 Å². The number of rotatable bonds is 7. The predicted octanol–water partition coefficient (Wildman–Crippen LogP) is 2.79. The first-order valence-electron chi connectivity index (χ1n) is 7.58. The average Bonchev–Trinajstić information content (AvgIpc) is 3.00. The van der Waals surface area contributed by atoms with Crippen molar-refractivity contribution >= 4 is 11.9 Å². The molecule has 1 aromatic heterocycles. The number of hydrogen-bond acceptors (Lipinski definition) is 5. The minimum Gasteiger partial charge on any atom is -0.490 e. The fourth-order valence-electron chi connectivity index (χ4n) is 2.15. The Balaban J connectivity index is 2.31. The molecule has 0 amide bonds. The van der Waals surface area contributed by atoms with Crippen LogP contribution in [0.3, 0.4) is 0 Å². The molecule has 0 radical (unpaired) electrons. The molecule has 6 nitrogen and oxygen atoms in total. The van der Waals surface area contributed by atoms with Crippen LogP contribution < -0.4 is 9.64 Å². The lowest BCUT2D eigenvalue weighted by atomic mass is 10.1. The van der Waals surface area contributed by atoms with Gasteiger partial charge in [-0.1, -0.05) is 0 Å². The zero-order chi connectivity index (χ0) is 15.9. The number of aromatic nitrogens is 3. The molecule has 1 aromatic carbocycles. The zero-order valence-corrected chi connectivity index (χ0v) is 13.6. The molecule has 118 valence electrons. The summed E-state index contributed by atoms with van der Waals surface area (Å²) < 4.78 is 7.49. The number of anilines is 1. The van der Waals surface area contributed by atoms with Crippen LogP contribution in [0.25, 0.3) is 0 Å². The van der Waals surface area contributed by atoms with Crippen molar-refractivity contribution in [2.24, 2.45) is 5.10 Å². The van der Waals surface area contributed by atoms with Gasteiger partial charge < -0.3 is 9.64 Å². The maximum Gasteiger partial charge on any atom is 0.141 e. The quantitative estimate of drug-likeness (QED) is 0.738. The fraction of sp³-hybridized carbons (Fsp3) is 0.438. The molecule has 0 saturated heterocycles. The van der Waals surface area contributed by atoms with Gasteiger partial charge in [0.15, 0.2) is 0 Å². The largest absolute Gasteiger partial charge is 0.490 e. The van der Waals surface area contributed by atoms with Gasteiger partial charge >= 0.3 is 0 Å². The van der Waals surface area contributed by atoms with Crippen LogP contribution in [-0.2, 0) is 0 Å². The highest BCUT2D eigenvalue weighted by molar-refractivity contribution is 5.84. The number of nitrogens with zero attached hydrogens (tertiary/aromatic N) is 5. The van der Waals surface area contributed by atoms with Gasteiger partial charge in [0.1, 0.15) is 18.4 Å². The van der Waals surface area contributed by atoms with Crippen molar-refractivity contribution in [2.45, 2.75) is 33.8 Å². The van der Waals surface area contributed by atoms with E-state index in [4.69, 9.17) is 4.74 Å². The highest BCUT2D eigenvalue weighted by Crippen LogP contribution is 2.26. The van der Waals surface area contributed by atoms with Crippen LogP contribution in [0.5, 0.6) is 5.75 Å². The fourth-order valence-corrected chi connectivity index (χ4v) is 2.15. The number of ether oxygens (including phenoxy) is 1. The van der Waals surface area contributed by atoms with E-state index in [1.165, 1.54) is 0 Å². The standard InChI is InChI=1S/C16H23N5O/c1-5-20(6-2)15-8-7-14(16(9-15)22-13(3)4)10-19-21-11-17-18-12-21/h7-13H,5-6H2,1-4H3/b19-10-. The topological polar surface area (TPSA) is 55.5 Å². The molecule has 0 aliphatic heterocycles. The summed E-state index contributed by atoms with van der Waals surface area (Å²) in [7, 11) is 0. The Kier molecular flexibility index (Phi) is 5.52. The number of hydrogen-bond donors (Lipinski definition) is 0. The molecule has 0 fully saturated rings. The minimum absolute atomic E-state index is 0.106. The molecule has 2 rings (SSSR count). The maximum atomic E-state index is 5.94. The third-order valence-electron chi connectivity index (χ3n) is 3.23. The van der Waals surface area contributed by atoms with Crippen LogP contribution in [0, 0.1) is 0 Å². The molecule has 0 atom stereocenters. The van der Waals surface area contributed by atoms with Gasteiger partial charge in [-0.05, 0) is 39.8 Å². The Morgan fingerprint density at radius 2 is 1.91 bits per heavy atom. The summed E-state index contributed by atoms with van der Waals surface area (Å²) in [4.78, 5) is 2.29. The molecule has 1 heterocycles. The lowest BCUT2D eigenvalue weighted by Crippen LogP contribution is -2.22. The van der Waals surface area contributed by atoms with Gasteiger partial charge in [0.05, 0.1) is 12.3 Å². The van der Waals surface area contributed by atoms with Crippen molar-refractivity contribution in [3.8, 4) is 5.75 Å². The van der Waals surface area contributed by atoms with Gasteiger partial charge in [-0.15, -0.1) is 10.2 Å². The summed E-state index contributed by atoms with van der Waals surface area (Å²) in [5.41, 5.74) is 2.08. The lowest BCUT2D eigenvalue weighted by molar-refractivity contribution is 0.242. The van der Waals surface area contributed by atoms with Crippen molar-refractivity contribution < 1.29 is 4.74 Å². The highest BCUT2D eigenvalue weighted by Gasteiger charge is 2.09. The van der Waals surface area contributed by atoms with E-state index in [1.54, 1.807) is 23.5 Å². The summed E-state index contributed by atoms with van der Waals surface area (Å²) in [6.07, 6.45) is 4.95. The van der Waals surface area contributed by atoms with Gasteiger partial charge in [-0.25, -0.2) is 4.68 Å². The monoisotopic (exact) mass is 301 g/mol.